The predicted molar refractivity (Wildman–Crippen MR) is 147 cm³/mol. The Hall–Kier alpha value is -3.67. The van der Waals surface area contributed by atoms with Crippen LogP contribution in [0.15, 0.2) is 30.3 Å². The number of carbonyl (C=O) groups is 5. The number of amides is 1. The molecule has 2 fully saturated rings. The minimum atomic E-state index is -1.68. The maximum absolute atomic E-state index is 12.2. The van der Waals surface area contributed by atoms with E-state index in [9.17, 15) is 34.2 Å². The summed E-state index contributed by atoms with van der Waals surface area (Å²) in [7, 11) is 0. The molecule has 0 bridgehead atoms. The fraction of sp³-hybridized carbons (Fsp3) is 0.621. The zero-order valence-corrected chi connectivity index (χ0v) is 25.5. The Morgan fingerprint density at radius 2 is 1.31 bits per heavy atom. The lowest BCUT2D eigenvalue weighted by atomic mass is 9.95. The third-order valence-corrected chi connectivity index (χ3v) is 6.70. The number of ether oxygens (including phenoxy) is 8. The summed E-state index contributed by atoms with van der Waals surface area (Å²) in [4.78, 5) is 59.9. The first-order valence-corrected chi connectivity index (χ1v) is 14.1. The first-order valence-electron chi connectivity index (χ1n) is 14.1. The molecule has 1 aromatic rings. The largest absolute Gasteiger partial charge is 0.463 e. The summed E-state index contributed by atoms with van der Waals surface area (Å²) in [6.07, 6.45) is -13.5. The van der Waals surface area contributed by atoms with Crippen LogP contribution in [-0.4, -0.2) is 115 Å². The Morgan fingerprint density at radius 1 is 0.733 bits per heavy atom. The molecule has 45 heavy (non-hydrogen) atoms. The molecule has 16 nitrogen and oxygen atoms in total. The van der Waals surface area contributed by atoms with Gasteiger partial charge in [0.25, 0.3) is 0 Å². The fourth-order valence-corrected chi connectivity index (χ4v) is 4.95. The van der Waals surface area contributed by atoms with Gasteiger partial charge in [-0.2, -0.15) is 0 Å². The summed E-state index contributed by atoms with van der Waals surface area (Å²) in [6, 6.07) is 7.74. The maximum Gasteiger partial charge on any atom is 0.303 e. The third-order valence-electron chi connectivity index (χ3n) is 6.70. The highest BCUT2D eigenvalue weighted by Crippen LogP contribution is 2.33. The number of rotatable bonds is 12. The van der Waals surface area contributed by atoms with Crippen molar-refractivity contribution in [1.82, 2.24) is 5.32 Å². The van der Waals surface area contributed by atoms with Gasteiger partial charge in [0.2, 0.25) is 5.91 Å². The van der Waals surface area contributed by atoms with Gasteiger partial charge in [0, 0.05) is 34.6 Å². The Morgan fingerprint density at radius 3 is 1.89 bits per heavy atom. The van der Waals surface area contributed by atoms with Crippen molar-refractivity contribution >= 4 is 29.8 Å². The van der Waals surface area contributed by atoms with Crippen LogP contribution in [0.5, 0.6) is 0 Å². The van der Waals surface area contributed by atoms with Gasteiger partial charge in [0.1, 0.15) is 37.1 Å². The van der Waals surface area contributed by atoms with E-state index >= 15 is 0 Å². The molecular formula is C29H39NO15. The smallest absolute Gasteiger partial charge is 0.303 e. The van der Waals surface area contributed by atoms with Crippen molar-refractivity contribution in [3.8, 4) is 0 Å². The van der Waals surface area contributed by atoms with Gasteiger partial charge >= 0.3 is 23.9 Å². The van der Waals surface area contributed by atoms with E-state index in [0.29, 0.717) is 0 Å². The second-order valence-corrected chi connectivity index (χ2v) is 10.5. The Bertz CT molecular complexity index is 1180. The van der Waals surface area contributed by atoms with Crippen molar-refractivity contribution < 1.29 is 72.1 Å². The maximum atomic E-state index is 12.2. The van der Waals surface area contributed by atoms with Crippen LogP contribution in [-0.2, 0) is 68.5 Å². The monoisotopic (exact) mass is 641 g/mol. The van der Waals surface area contributed by atoms with Crippen molar-refractivity contribution in [2.45, 2.75) is 103 Å². The van der Waals surface area contributed by atoms with Crippen LogP contribution in [0.2, 0.25) is 0 Å². The van der Waals surface area contributed by atoms with E-state index in [1.807, 2.05) is 30.3 Å². The van der Waals surface area contributed by atoms with Gasteiger partial charge < -0.3 is 53.4 Å². The molecule has 2 saturated heterocycles. The van der Waals surface area contributed by atoms with E-state index in [2.05, 4.69) is 5.32 Å². The van der Waals surface area contributed by atoms with Crippen LogP contribution in [0.25, 0.3) is 0 Å². The van der Waals surface area contributed by atoms with Crippen LogP contribution < -0.4 is 5.32 Å². The first-order chi connectivity index (χ1) is 21.3. The molecule has 0 saturated carbocycles. The summed E-state index contributed by atoms with van der Waals surface area (Å²) in [6.45, 7) is 4.92. The molecule has 2 unspecified atom stereocenters. The number of carbonyl (C=O) groups excluding carboxylic acids is 5. The number of nitrogens with one attached hydrogen (secondary N) is 1. The lowest BCUT2D eigenvalue weighted by molar-refractivity contribution is -0.347. The summed E-state index contributed by atoms with van der Waals surface area (Å²) in [5.74, 6) is -3.81. The van der Waals surface area contributed by atoms with Crippen LogP contribution in [0.1, 0.15) is 40.2 Å². The average molecular weight is 642 g/mol. The summed E-state index contributed by atoms with van der Waals surface area (Å²) in [5.41, 5.74) is 0.822. The standard InChI is InChI=1S/C29H39NO15/c1-14(31)30-22-23(36)24(20(43-28(22)37)12-38-11-19-9-7-6-8-10-19)45-29-27(42-18(5)35)26(41-17(4)34)25(40-16(3)33)21(44-29)13-39-15(2)32/h6-10,20-29,36-37H,11-13H2,1-5H3,(H,30,31)/t20?,21?,22-,23+,24+,25-,26-,27-,28-,29-/m0/s1. The highest BCUT2D eigenvalue weighted by Gasteiger charge is 2.55. The number of esters is 4. The molecule has 2 heterocycles. The lowest BCUT2D eigenvalue weighted by Gasteiger charge is -2.48. The molecule has 2 aliphatic heterocycles. The van der Waals surface area contributed by atoms with Crippen LogP contribution >= 0.6 is 0 Å². The molecule has 2 aliphatic rings. The van der Waals surface area contributed by atoms with E-state index in [1.165, 1.54) is 6.92 Å². The zero-order valence-electron chi connectivity index (χ0n) is 25.5. The molecule has 3 rings (SSSR count). The minimum absolute atomic E-state index is 0.133. The number of hydrogen-bond donors (Lipinski definition) is 3. The number of benzene rings is 1. The van der Waals surface area contributed by atoms with Crippen LogP contribution in [0.3, 0.4) is 0 Å². The molecule has 0 aromatic heterocycles. The number of aliphatic hydroxyl groups excluding tert-OH is 2. The Kier molecular flexibility index (Phi) is 13.2. The molecule has 0 radical (unpaired) electrons. The van der Waals surface area contributed by atoms with Gasteiger partial charge in [-0.25, -0.2) is 0 Å². The molecule has 16 heteroatoms. The van der Waals surface area contributed by atoms with Crippen molar-refractivity contribution in [2.75, 3.05) is 13.2 Å². The third kappa shape index (κ3) is 10.4. The highest BCUT2D eigenvalue weighted by atomic mass is 16.7. The molecule has 250 valence electrons. The highest BCUT2D eigenvalue weighted by molar-refractivity contribution is 5.73. The number of aliphatic hydroxyl groups is 2. The van der Waals surface area contributed by atoms with E-state index in [0.717, 1.165) is 33.3 Å². The van der Waals surface area contributed by atoms with E-state index in [4.69, 9.17) is 37.9 Å². The molecule has 0 spiro atoms. The molecular weight excluding hydrogens is 602 g/mol. The Balaban J connectivity index is 1.98. The van der Waals surface area contributed by atoms with Gasteiger partial charge in [-0.3, -0.25) is 24.0 Å². The summed E-state index contributed by atoms with van der Waals surface area (Å²) >= 11 is 0. The topological polar surface area (TPSA) is 212 Å². The predicted octanol–water partition coefficient (Wildman–Crippen LogP) is -0.746. The van der Waals surface area contributed by atoms with Gasteiger partial charge in [-0.05, 0) is 5.56 Å². The SMILES string of the molecule is CC(=O)N[C@H]1[C@@H](O)[C@H](O[C@@H]2OC(COC(C)=O)[C@H](OC(C)=O)[C@H](OC(C)=O)[C@@H]2OC(C)=O)C(COCc2ccccc2)O[C@@H]1O. The van der Waals surface area contributed by atoms with E-state index in [-0.39, 0.29) is 13.2 Å². The first kappa shape index (κ1) is 35.8. The van der Waals surface area contributed by atoms with E-state index < -0.39 is 97.7 Å². The zero-order chi connectivity index (χ0) is 33.3. The second-order valence-electron chi connectivity index (χ2n) is 10.5. The summed E-state index contributed by atoms with van der Waals surface area (Å²) < 4.78 is 44.9. The fourth-order valence-electron chi connectivity index (χ4n) is 4.95. The van der Waals surface area contributed by atoms with E-state index in [1.54, 1.807) is 0 Å². The van der Waals surface area contributed by atoms with Gasteiger partial charge in [0.15, 0.2) is 30.9 Å². The van der Waals surface area contributed by atoms with Crippen molar-refractivity contribution in [3.05, 3.63) is 35.9 Å². The van der Waals surface area contributed by atoms with Gasteiger partial charge in [-0.15, -0.1) is 0 Å². The Labute approximate surface area is 259 Å². The molecule has 1 amide bonds. The average Bonchev–Trinajstić information content (AvgIpc) is 2.94. The molecule has 0 aliphatic carbocycles. The quantitative estimate of drug-likeness (QED) is 0.189. The molecule has 1 aromatic carbocycles. The minimum Gasteiger partial charge on any atom is -0.463 e. The van der Waals surface area contributed by atoms with Gasteiger partial charge in [0.05, 0.1) is 13.2 Å². The van der Waals surface area contributed by atoms with Crippen molar-refractivity contribution in [2.24, 2.45) is 0 Å². The van der Waals surface area contributed by atoms with Crippen LogP contribution in [0.4, 0.5) is 0 Å². The normalized spacial score (nSPS) is 31.3. The van der Waals surface area contributed by atoms with Gasteiger partial charge in [-0.1, -0.05) is 30.3 Å². The lowest BCUT2D eigenvalue weighted by Crippen LogP contribution is -2.68. The number of hydrogen-bond acceptors (Lipinski definition) is 15. The molecule has 10 atom stereocenters. The second kappa shape index (κ2) is 16.6. The van der Waals surface area contributed by atoms with Crippen molar-refractivity contribution in [1.29, 1.82) is 0 Å². The van der Waals surface area contributed by atoms with Crippen LogP contribution in [0, 0.1) is 0 Å². The molecule has 3 N–H and O–H groups in total. The van der Waals surface area contributed by atoms with Crippen molar-refractivity contribution in [3.63, 3.8) is 0 Å². The summed E-state index contributed by atoms with van der Waals surface area (Å²) in [5, 5.41) is 24.4.